The molecular formula is C17H23N3. The molecule has 3 rings (SSSR count). The molecule has 1 aliphatic rings. The van der Waals surface area contributed by atoms with Gasteiger partial charge in [0, 0.05) is 18.0 Å². The maximum atomic E-state index is 4.55. The zero-order chi connectivity index (χ0) is 13.9. The molecule has 1 unspecified atom stereocenters. The van der Waals surface area contributed by atoms with Crippen molar-refractivity contribution >= 4 is 0 Å². The Morgan fingerprint density at radius 1 is 1.25 bits per heavy atom. The molecule has 0 amide bonds. The van der Waals surface area contributed by atoms with Gasteiger partial charge in [0.25, 0.3) is 0 Å². The Labute approximate surface area is 120 Å². The lowest BCUT2D eigenvalue weighted by atomic mass is 10.0. The Morgan fingerprint density at radius 3 is 2.90 bits per heavy atom. The highest BCUT2D eigenvalue weighted by molar-refractivity contribution is 5.63. The second-order valence-corrected chi connectivity index (χ2v) is 5.91. The SMILES string of the molecule is Cc1ccc(-c2cnc(CC3CCCCN3)[nH]2)c(C)c1. The van der Waals surface area contributed by atoms with Crippen molar-refractivity contribution in [1.82, 2.24) is 15.3 Å². The first-order valence-corrected chi connectivity index (χ1v) is 7.57. The summed E-state index contributed by atoms with van der Waals surface area (Å²) >= 11 is 0. The first-order valence-electron chi connectivity index (χ1n) is 7.57. The number of hydrogen-bond acceptors (Lipinski definition) is 2. The lowest BCUT2D eigenvalue weighted by molar-refractivity contribution is 0.395. The van der Waals surface area contributed by atoms with Crippen LogP contribution in [0.4, 0.5) is 0 Å². The molecule has 0 aliphatic carbocycles. The summed E-state index contributed by atoms with van der Waals surface area (Å²) in [6, 6.07) is 7.15. The van der Waals surface area contributed by atoms with E-state index in [-0.39, 0.29) is 0 Å². The smallest absolute Gasteiger partial charge is 0.108 e. The number of nitrogens with one attached hydrogen (secondary N) is 2. The lowest BCUT2D eigenvalue weighted by Gasteiger charge is -2.22. The highest BCUT2D eigenvalue weighted by Crippen LogP contribution is 2.23. The summed E-state index contributed by atoms with van der Waals surface area (Å²) in [5.41, 5.74) is 4.99. The monoisotopic (exact) mass is 269 g/mol. The zero-order valence-electron chi connectivity index (χ0n) is 12.4. The molecule has 1 aromatic carbocycles. The van der Waals surface area contributed by atoms with E-state index >= 15 is 0 Å². The average Bonchev–Trinajstić information content (AvgIpc) is 2.88. The van der Waals surface area contributed by atoms with Crippen molar-refractivity contribution in [2.24, 2.45) is 0 Å². The van der Waals surface area contributed by atoms with Gasteiger partial charge >= 0.3 is 0 Å². The van der Waals surface area contributed by atoms with Crippen LogP contribution < -0.4 is 5.32 Å². The van der Waals surface area contributed by atoms with E-state index in [4.69, 9.17) is 0 Å². The van der Waals surface area contributed by atoms with Crippen molar-refractivity contribution in [3.05, 3.63) is 41.3 Å². The van der Waals surface area contributed by atoms with Crippen LogP contribution in [0.5, 0.6) is 0 Å². The average molecular weight is 269 g/mol. The summed E-state index contributed by atoms with van der Waals surface area (Å²) in [6.45, 7) is 5.44. The minimum absolute atomic E-state index is 0.585. The van der Waals surface area contributed by atoms with Gasteiger partial charge in [-0.2, -0.15) is 0 Å². The van der Waals surface area contributed by atoms with E-state index in [0.717, 1.165) is 24.5 Å². The maximum absolute atomic E-state index is 4.55. The molecule has 1 saturated heterocycles. The molecule has 1 aromatic heterocycles. The minimum Gasteiger partial charge on any atom is -0.342 e. The molecule has 2 N–H and O–H groups in total. The Hall–Kier alpha value is -1.61. The van der Waals surface area contributed by atoms with Crippen LogP contribution >= 0.6 is 0 Å². The van der Waals surface area contributed by atoms with Gasteiger partial charge < -0.3 is 10.3 Å². The normalized spacial score (nSPS) is 19.2. The molecule has 3 heteroatoms. The van der Waals surface area contributed by atoms with Crippen LogP contribution in [0.15, 0.2) is 24.4 Å². The zero-order valence-corrected chi connectivity index (χ0v) is 12.4. The van der Waals surface area contributed by atoms with Crippen LogP contribution in [0.25, 0.3) is 11.3 Å². The molecule has 3 nitrogen and oxygen atoms in total. The Kier molecular flexibility index (Phi) is 3.88. The van der Waals surface area contributed by atoms with Gasteiger partial charge in [0.2, 0.25) is 0 Å². The van der Waals surface area contributed by atoms with Crippen LogP contribution in [-0.4, -0.2) is 22.6 Å². The fraction of sp³-hybridized carbons (Fsp3) is 0.471. The summed E-state index contributed by atoms with van der Waals surface area (Å²) in [7, 11) is 0. The third kappa shape index (κ3) is 2.93. The van der Waals surface area contributed by atoms with E-state index in [0.29, 0.717) is 6.04 Å². The van der Waals surface area contributed by atoms with Crippen molar-refractivity contribution in [2.45, 2.75) is 45.6 Å². The van der Waals surface area contributed by atoms with Crippen LogP contribution in [0.2, 0.25) is 0 Å². The third-order valence-electron chi connectivity index (χ3n) is 4.15. The van der Waals surface area contributed by atoms with Gasteiger partial charge in [-0.15, -0.1) is 0 Å². The molecule has 2 heterocycles. The molecule has 106 valence electrons. The van der Waals surface area contributed by atoms with Gasteiger partial charge in [-0.05, 0) is 38.8 Å². The lowest BCUT2D eigenvalue weighted by Crippen LogP contribution is -2.35. The topological polar surface area (TPSA) is 40.7 Å². The number of piperidine rings is 1. The molecular weight excluding hydrogens is 246 g/mol. The molecule has 1 aliphatic heterocycles. The van der Waals surface area contributed by atoms with Crippen molar-refractivity contribution in [3.63, 3.8) is 0 Å². The summed E-state index contributed by atoms with van der Waals surface area (Å²) in [6.07, 6.45) is 6.88. The predicted molar refractivity (Wildman–Crippen MR) is 82.8 cm³/mol. The second kappa shape index (κ2) is 5.80. The maximum Gasteiger partial charge on any atom is 0.108 e. The Morgan fingerprint density at radius 2 is 2.15 bits per heavy atom. The van der Waals surface area contributed by atoms with Gasteiger partial charge in [0.1, 0.15) is 5.82 Å². The van der Waals surface area contributed by atoms with E-state index in [1.54, 1.807) is 0 Å². The number of rotatable bonds is 3. The third-order valence-corrected chi connectivity index (χ3v) is 4.15. The second-order valence-electron chi connectivity index (χ2n) is 5.91. The van der Waals surface area contributed by atoms with Gasteiger partial charge in [0.15, 0.2) is 0 Å². The molecule has 20 heavy (non-hydrogen) atoms. The Balaban J connectivity index is 1.75. The number of nitrogens with zero attached hydrogens (tertiary/aromatic N) is 1. The van der Waals surface area contributed by atoms with Crippen LogP contribution in [0.1, 0.15) is 36.2 Å². The molecule has 1 atom stereocenters. The molecule has 0 spiro atoms. The molecule has 0 radical (unpaired) electrons. The van der Waals surface area contributed by atoms with Crippen LogP contribution in [-0.2, 0) is 6.42 Å². The van der Waals surface area contributed by atoms with Gasteiger partial charge in [0.05, 0.1) is 11.9 Å². The number of aromatic nitrogens is 2. The first-order chi connectivity index (χ1) is 9.72. The fourth-order valence-electron chi connectivity index (χ4n) is 3.05. The quantitative estimate of drug-likeness (QED) is 0.897. The largest absolute Gasteiger partial charge is 0.342 e. The number of benzene rings is 1. The molecule has 0 saturated carbocycles. The highest BCUT2D eigenvalue weighted by Gasteiger charge is 2.15. The van der Waals surface area contributed by atoms with Crippen molar-refractivity contribution < 1.29 is 0 Å². The molecule has 0 bridgehead atoms. The van der Waals surface area contributed by atoms with Gasteiger partial charge in [-0.25, -0.2) is 4.98 Å². The van der Waals surface area contributed by atoms with E-state index in [2.05, 4.69) is 47.3 Å². The number of imidazole rings is 1. The van der Waals surface area contributed by atoms with Gasteiger partial charge in [-0.1, -0.05) is 30.2 Å². The number of H-pyrrole nitrogens is 1. The summed E-state index contributed by atoms with van der Waals surface area (Å²) in [4.78, 5) is 8.04. The highest BCUT2D eigenvalue weighted by atomic mass is 15.0. The van der Waals surface area contributed by atoms with E-state index < -0.39 is 0 Å². The fourth-order valence-corrected chi connectivity index (χ4v) is 3.05. The Bertz CT molecular complexity index is 580. The standard InChI is InChI=1S/C17H23N3/c1-12-6-7-15(13(2)9-12)16-11-19-17(20-16)10-14-5-3-4-8-18-14/h6-7,9,11,14,18H,3-5,8,10H2,1-2H3,(H,19,20). The molecule has 1 fully saturated rings. The number of hydrogen-bond donors (Lipinski definition) is 2. The predicted octanol–water partition coefficient (Wildman–Crippen LogP) is 3.38. The van der Waals surface area contributed by atoms with Crippen molar-refractivity contribution in [3.8, 4) is 11.3 Å². The number of aryl methyl sites for hydroxylation is 2. The summed E-state index contributed by atoms with van der Waals surface area (Å²) < 4.78 is 0. The van der Waals surface area contributed by atoms with Crippen molar-refractivity contribution in [2.75, 3.05) is 6.54 Å². The first kappa shape index (κ1) is 13.4. The van der Waals surface area contributed by atoms with E-state index in [1.165, 1.54) is 36.0 Å². The van der Waals surface area contributed by atoms with Crippen LogP contribution in [0, 0.1) is 13.8 Å². The van der Waals surface area contributed by atoms with Gasteiger partial charge in [-0.3, -0.25) is 0 Å². The van der Waals surface area contributed by atoms with Crippen molar-refractivity contribution in [1.29, 1.82) is 0 Å². The molecule has 2 aromatic rings. The van der Waals surface area contributed by atoms with Crippen LogP contribution in [0.3, 0.4) is 0 Å². The minimum atomic E-state index is 0.585. The summed E-state index contributed by atoms with van der Waals surface area (Å²) in [5, 5.41) is 3.58. The van der Waals surface area contributed by atoms with E-state index in [9.17, 15) is 0 Å². The summed E-state index contributed by atoms with van der Waals surface area (Å²) in [5.74, 6) is 1.10. The van der Waals surface area contributed by atoms with E-state index in [1.807, 2.05) is 6.20 Å². The number of aromatic amines is 1.